The smallest absolute Gasteiger partial charge is 0.263 e. The Morgan fingerprint density at radius 3 is 2.90 bits per heavy atom. The minimum Gasteiger partial charge on any atom is -0.355 e. The zero-order valence-electron chi connectivity index (χ0n) is 6.22. The van der Waals surface area contributed by atoms with Crippen LogP contribution in [0.15, 0.2) is 4.52 Å². The predicted molar refractivity (Wildman–Crippen MR) is 37.8 cm³/mol. The molecule has 0 aliphatic carbocycles. The number of aryl methyl sites for hydroxylation is 1. The molecule has 0 saturated heterocycles. The number of anilines is 1. The monoisotopic (exact) mass is 141 g/mol. The van der Waals surface area contributed by atoms with Gasteiger partial charge >= 0.3 is 0 Å². The molecule has 0 spiro atoms. The molecule has 1 aromatic rings. The van der Waals surface area contributed by atoms with Gasteiger partial charge in [-0.25, -0.2) is 0 Å². The van der Waals surface area contributed by atoms with Crippen molar-refractivity contribution in [1.29, 1.82) is 0 Å². The molecule has 0 radical (unpaired) electrons. The summed E-state index contributed by atoms with van der Waals surface area (Å²) >= 11 is 0. The molecule has 0 unspecified atom stereocenters. The van der Waals surface area contributed by atoms with Gasteiger partial charge in [0.2, 0.25) is 5.89 Å². The molecule has 1 aromatic heterocycles. The van der Waals surface area contributed by atoms with Gasteiger partial charge in [-0.15, -0.1) is 0 Å². The lowest BCUT2D eigenvalue weighted by atomic mass is 10.3. The van der Waals surface area contributed by atoms with Crippen molar-refractivity contribution < 1.29 is 4.52 Å². The van der Waals surface area contributed by atoms with E-state index in [-0.39, 0.29) is 0 Å². The van der Waals surface area contributed by atoms with E-state index in [1.165, 1.54) is 0 Å². The van der Waals surface area contributed by atoms with Gasteiger partial charge in [-0.2, -0.15) is 4.98 Å². The SMILES string of the molecule is CCCc1nc(NC)no1. The zero-order chi connectivity index (χ0) is 7.40. The molecule has 4 heteroatoms. The number of hydrogen-bond donors (Lipinski definition) is 1. The molecule has 0 amide bonds. The fourth-order valence-corrected chi connectivity index (χ4v) is 0.672. The van der Waals surface area contributed by atoms with Crippen LogP contribution in [0.3, 0.4) is 0 Å². The maximum absolute atomic E-state index is 4.87. The summed E-state index contributed by atoms with van der Waals surface area (Å²) in [6, 6.07) is 0. The largest absolute Gasteiger partial charge is 0.355 e. The molecule has 0 aliphatic heterocycles. The van der Waals surface area contributed by atoms with Crippen LogP contribution < -0.4 is 5.32 Å². The van der Waals surface area contributed by atoms with Gasteiger partial charge in [-0.3, -0.25) is 0 Å². The number of nitrogens with one attached hydrogen (secondary N) is 1. The van der Waals surface area contributed by atoms with Gasteiger partial charge in [-0.05, 0) is 11.6 Å². The van der Waals surface area contributed by atoms with Crippen LogP contribution in [0, 0.1) is 0 Å². The Hall–Kier alpha value is -1.06. The van der Waals surface area contributed by atoms with Crippen LogP contribution in [-0.2, 0) is 6.42 Å². The van der Waals surface area contributed by atoms with Crippen LogP contribution in [0.4, 0.5) is 5.95 Å². The maximum Gasteiger partial charge on any atom is 0.263 e. The van der Waals surface area contributed by atoms with E-state index in [4.69, 9.17) is 4.52 Å². The summed E-state index contributed by atoms with van der Waals surface area (Å²) < 4.78 is 4.87. The molecule has 0 bridgehead atoms. The Kier molecular flexibility index (Phi) is 2.25. The summed E-state index contributed by atoms with van der Waals surface area (Å²) in [5.74, 6) is 1.26. The summed E-state index contributed by atoms with van der Waals surface area (Å²) in [4.78, 5) is 4.03. The average molecular weight is 141 g/mol. The minimum atomic E-state index is 0.559. The van der Waals surface area contributed by atoms with E-state index in [1.54, 1.807) is 7.05 Å². The van der Waals surface area contributed by atoms with Crippen molar-refractivity contribution in [3.8, 4) is 0 Å². The third-order valence-electron chi connectivity index (χ3n) is 1.16. The number of rotatable bonds is 3. The molecular formula is C6H11N3O. The van der Waals surface area contributed by atoms with E-state index >= 15 is 0 Å². The van der Waals surface area contributed by atoms with Crippen LogP contribution in [-0.4, -0.2) is 17.2 Å². The van der Waals surface area contributed by atoms with Gasteiger partial charge < -0.3 is 9.84 Å². The fraction of sp³-hybridized carbons (Fsp3) is 0.667. The van der Waals surface area contributed by atoms with Gasteiger partial charge in [0.25, 0.3) is 5.95 Å². The molecule has 0 atom stereocenters. The Morgan fingerprint density at radius 2 is 2.40 bits per heavy atom. The Bertz CT molecular complexity index is 197. The second-order valence-electron chi connectivity index (χ2n) is 2.01. The molecule has 0 saturated carbocycles. The highest BCUT2D eigenvalue weighted by Gasteiger charge is 2.00. The van der Waals surface area contributed by atoms with E-state index in [9.17, 15) is 0 Å². The molecule has 56 valence electrons. The normalized spacial score (nSPS) is 9.80. The first-order chi connectivity index (χ1) is 4.86. The summed E-state index contributed by atoms with van der Waals surface area (Å²) in [5, 5.41) is 6.45. The van der Waals surface area contributed by atoms with E-state index in [2.05, 4.69) is 22.4 Å². The first-order valence-electron chi connectivity index (χ1n) is 3.37. The standard InChI is InChI=1S/C6H11N3O/c1-3-4-5-8-6(7-2)9-10-5/h3-4H2,1-2H3,(H,7,9). The lowest BCUT2D eigenvalue weighted by molar-refractivity contribution is 0.378. The van der Waals surface area contributed by atoms with E-state index in [0.29, 0.717) is 11.8 Å². The van der Waals surface area contributed by atoms with Crippen molar-refractivity contribution in [2.24, 2.45) is 0 Å². The second-order valence-corrected chi connectivity index (χ2v) is 2.01. The molecule has 4 nitrogen and oxygen atoms in total. The summed E-state index contributed by atoms with van der Waals surface area (Å²) in [7, 11) is 1.76. The van der Waals surface area contributed by atoms with Crippen LogP contribution in [0.5, 0.6) is 0 Å². The highest BCUT2D eigenvalue weighted by molar-refractivity contribution is 5.18. The van der Waals surface area contributed by atoms with Crippen molar-refractivity contribution in [3.05, 3.63) is 5.89 Å². The first kappa shape index (κ1) is 7.05. The predicted octanol–water partition coefficient (Wildman–Crippen LogP) is 1.06. The minimum absolute atomic E-state index is 0.559. The van der Waals surface area contributed by atoms with Gasteiger partial charge in [-0.1, -0.05) is 6.92 Å². The lowest BCUT2D eigenvalue weighted by Gasteiger charge is -1.84. The maximum atomic E-state index is 4.87. The van der Waals surface area contributed by atoms with Crippen LogP contribution in [0.1, 0.15) is 19.2 Å². The molecule has 1 rings (SSSR count). The summed E-state index contributed by atoms with van der Waals surface area (Å²) in [6.45, 7) is 2.07. The third kappa shape index (κ3) is 1.46. The van der Waals surface area contributed by atoms with Crippen LogP contribution >= 0.6 is 0 Å². The lowest BCUT2D eigenvalue weighted by Crippen LogP contribution is -1.89. The van der Waals surface area contributed by atoms with Crippen LogP contribution in [0.25, 0.3) is 0 Å². The highest BCUT2D eigenvalue weighted by Crippen LogP contribution is 2.02. The Labute approximate surface area is 59.6 Å². The van der Waals surface area contributed by atoms with Crippen molar-refractivity contribution in [2.45, 2.75) is 19.8 Å². The molecule has 0 aliphatic rings. The molecule has 10 heavy (non-hydrogen) atoms. The molecule has 1 N–H and O–H groups in total. The Morgan fingerprint density at radius 1 is 1.60 bits per heavy atom. The van der Waals surface area contributed by atoms with Crippen molar-refractivity contribution in [1.82, 2.24) is 10.1 Å². The highest BCUT2D eigenvalue weighted by atomic mass is 16.5. The zero-order valence-corrected chi connectivity index (χ0v) is 6.22. The van der Waals surface area contributed by atoms with E-state index in [1.807, 2.05) is 0 Å². The summed E-state index contributed by atoms with van der Waals surface area (Å²) in [6.07, 6.45) is 1.89. The van der Waals surface area contributed by atoms with Crippen molar-refractivity contribution in [3.63, 3.8) is 0 Å². The first-order valence-corrected chi connectivity index (χ1v) is 3.37. The molecule has 1 heterocycles. The molecular weight excluding hydrogens is 130 g/mol. The van der Waals surface area contributed by atoms with E-state index in [0.717, 1.165) is 12.8 Å². The quantitative estimate of drug-likeness (QED) is 0.683. The summed E-state index contributed by atoms with van der Waals surface area (Å²) in [5.41, 5.74) is 0. The molecule has 0 fully saturated rings. The fourth-order valence-electron chi connectivity index (χ4n) is 0.672. The van der Waals surface area contributed by atoms with Gasteiger partial charge in [0.1, 0.15) is 0 Å². The number of nitrogens with zero attached hydrogens (tertiary/aromatic N) is 2. The van der Waals surface area contributed by atoms with Crippen molar-refractivity contribution >= 4 is 5.95 Å². The van der Waals surface area contributed by atoms with Gasteiger partial charge in [0, 0.05) is 13.5 Å². The Balaban J connectivity index is 2.59. The van der Waals surface area contributed by atoms with E-state index < -0.39 is 0 Å². The van der Waals surface area contributed by atoms with Crippen LogP contribution in [0.2, 0.25) is 0 Å². The second kappa shape index (κ2) is 3.20. The molecule has 0 aromatic carbocycles. The topological polar surface area (TPSA) is 51.0 Å². The average Bonchev–Trinajstić information content (AvgIpc) is 2.37. The number of hydrogen-bond acceptors (Lipinski definition) is 4. The van der Waals surface area contributed by atoms with Crippen molar-refractivity contribution in [2.75, 3.05) is 12.4 Å². The van der Waals surface area contributed by atoms with Gasteiger partial charge in [0.05, 0.1) is 0 Å². The third-order valence-corrected chi connectivity index (χ3v) is 1.16. The number of aromatic nitrogens is 2. The van der Waals surface area contributed by atoms with Gasteiger partial charge in [0.15, 0.2) is 0 Å².